The summed E-state index contributed by atoms with van der Waals surface area (Å²) in [5, 5.41) is 3.64. The van der Waals surface area contributed by atoms with Crippen LogP contribution in [0.15, 0.2) is 30.3 Å². The zero-order valence-corrected chi connectivity index (χ0v) is 12.7. The molecule has 1 nitrogen and oxygen atoms in total. The lowest BCUT2D eigenvalue weighted by Gasteiger charge is -2.23. The first-order valence-electron chi connectivity index (χ1n) is 7.02. The molecular weight excluding hydrogens is 230 g/mol. The molecule has 1 fully saturated rings. The van der Waals surface area contributed by atoms with Gasteiger partial charge in [0.1, 0.15) is 0 Å². The SMILES string of the molecule is C[C]1[C](C)[C](C)[C](CN[C@H](C)c2ccccc2)[C]1C. The molecule has 1 aromatic carbocycles. The van der Waals surface area contributed by atoms with Crippen molar-refractivity contribution in [3.05, 3.63) is 65.5 Å². The normalized spacial score (nSPS) is 22.2. The van der Waals surface area contributed by atoms with E-state index in [-0.39, 0.29) is 0 Å². The largest absolute Gasteiger partial charge is 0.310 e. The molecule has 5 radical (unpaired) electrons. The van der Waals surface area contributed by atoms with Gasteiger partial charge in [0.25, 0.3) is 0 Å². The molecule has 19 heavy (non-hydrogen) atoms. The highest BCUT2D eigenvalue weighted by molar-refractivity contribution is 5.59. The van der Waals surface area contributed by atoms with E-state index in [9.17, 15) is 0 Å². The van der Waals surface area contributed by atoms with E-state index in [1.807, 2.05) is 0 Å². The van der Waals surface area contributed by atoms with E-state index in [2.05, 4.69) is 70.3 Å². The first-order chi connectivity index (χ1) is 9.02. The Kier molecular flexibility index (Phi) is 4.67. The summed E-state index contributed by atoms with van der Waals surface area (Å²) in [6.45, 7) is 12.1. The van der Waals surface area contributed by atoms with Gasteiger partial charge in [-0.15, -0.1) is 0 Å². The summed E-state index contributed by atoms with van der Waals surface area (Å²) in [6, 6.07) is 11.0. The van der Waals surface area contributed by atoms with Crippen LogP contribution < -0.4 is 5.32 Å². The quantitative estimate of drug-likeness (QED) is 0.844. The molecule has 1 aliphatic rings. The van der Waals surface area contributed by atoms with Crippen molar-refractivity contribution < 1.29 is 0 Å². The van der Waals surface area contributed by atoms with Gasteiger partial charge in [-0.3, -0.25) is 0 Å². The molecule has 1 heteroatoms. The van der Waals surface area contributed by atoms with Crippen molar-refractivity contribution in [1.29, 1.82) is 0 Å². The Balaban J connectivity index is 1.92. The maximum absolute atomic E-state index is 3.64. The number of hydrogen-bond acceptors (Lipinski definition) is 1. The zero-order valence-electron chi connectivity index (χ0n) is 12.7. The van der Waals surface area contributed by atoms with Gasteiger partial charge in [-0.2, -0.15) is 0 Å². The fourth-order valence-electron chi connectivity index (χ4n) is 2.68. The van der Waals surface area contributed by atoms with Crippen LogP contribution in [0.1, 0.15) is 46.2 Å². The van der Waals surface area contributed by atoms with Crippen LogP contribution in [-0.4, -0.2) is 6.54 Å². The lowest BCUT2D eigenvalue weighted by atomic mass is 9.89. The molecule has 1 atom stereocenters. The van der Waals surface area contributed by atoms with Gasteiger partial charge in [0.15, 0.2) is 0 Å². The summed E-state index contributed by atoms with van der Waals surface area (Å²) in [5.74, 6) is 7.26. The first-order valence-corrected chi connectivity index (χ1v) is 7.02. The van der Waals surface area contributed by atoms with Crippen molar-refractivity contribution in [1.82, 2.24) is 5.32 Å². The minimum Gasteiger partial charge on any atom is -0.310 e. The van der Waals surface area contributed by atoms with Crippen molar-refractivity contribution >= 4 is 0 Å². The van der Waals surface area contributed by atoms with Crippen LogP contribution in [0.2, 0.25) is 0 Å². The molecule has 101 valence electrons. The summed E-state index contributed by atoms with van der Waals surface area (Å²) >= 11 is 0. The van der Waals surface area contributed by atoms with Gasteiger partial charge in [-0.1, -0.05) is 58.0 Å². The predicted molar refractivity (Wildman–Crippen MR) is 81.8 cm³/mol. The van der Waals surface area contributed by atoms with Crippen LogP contribution >= 0.6 is 0 Å². The Labute approximate surface area is 118 Å². The van der Waals surface area contributed by atoms with Gasteiger partial charge in [0.2, 0.25) is 0 Å². The van der Waals surface area contributed by atoms with Crippen LogP contribution in [-0.2, 0) is 0 Å². The Morgan fingerprint density at radius 3 is 1.89 bits per heavy atom. The molecule has 0 saturated heterocycles. The molecule has 0 aliphatic heterocycles. The Bertz CT molecular complexity index is 372. The number of benzene rings is 1. The van der Waals surface area contributed by atoms with Gasteiger partial charge in [-0.25, -0.2) is 0 Å². The smallest absolute Gasteiger partial charge is 0.0292 e. The average molecular weight is 254 g/mol. The van der Waals surface area contributed by atoms with E-state index in [0.717, 1.165) is 6.54 Å². The highest BCUT2D eigenvalue weighted by Gasteiger charge is 2.43. The molecule has 0 heterocycles. The van der Waals surface area contributed by atoms with Crippen molar-refractivity contribution in [3.63, 3.8) is 0 Å². The maximum Gasteiger partial charge on any atom is 0.0292 e. The molecule has 1 N–H and O–H groups in total. The zero-order chi connectivity index (χ0) is 14.0. The van der Waals surface area contributed by atoms with Crippen LogP contribution in [0, 0.1) is 29.6 Å². The molecule has 0 amide bonds. The third-order valence-corrected chi connectivity index (χ3v) is 4.48. The molecule has 2 rings (SSSR count). The third kappa shape index (κ3) is 3.02. The summed E-state index contributed by atoms with van der Waals surface area (Å²) in [4.78, 5) is 0. The molecular formula is C18H24N. The van der Waals surface area contributed by atoms with Gasteiger partial charge in [0.05, 0.1) is 0 Å². The van der Waals surface area contributed by atoms with Crippen LogP contribution in [0.25, 0.3) is 0 Å². The highest BCUT2D eigenvalue weighted by atomic mass is 14.9. The lowest BCUT2D eigenvalue weighted by molar-refractivity contribution is 0.582. The molecule has 0 bridgehead atoms. The molecule has 1 saturated carbocycles. The lowest BCUT2D eigenvalue weighted by Crippen LogP contribution is -2.27. The van der Waals surface area contributed by atoms with Gasteiger partial charge in [-0.05, 0) is 36.2 Å². The number of rotatable bonds is 4. The van der Waals surface area contributed by atoms with Crippen LogP contribution in [0.5, 0.6) is 0 Å². The summed E-state index contributed by atoms with van der Waals surface area (Å²) in [6.07, 6.45) is 0. The van der Waals surface area contributed by atoms with E-state index in [4.69, 9.17) is 0 Å². The van der Waals surface area contributed by atoms with E-state index in [1.54, 1.807) is 0 Å². The second-order valence-corrected chi connectivity index (χ2v) is 5.49. The van der Waals surface area contributed by atoms with Crippen LogP contribution in [0.3, 0.4) is 0 Å². The fourth-order valence-corrected chi connectivity index (χ4v) is 2.68. The van der Waals surface area contributed by atoms with Crippen molar-refractivity contribution in [3.8, 4) is 0 Å². The van der Waals surface area contributed by atoms with Gasteiger partial charge < -0.3 is 5.32 Å². The fraction of sp³-hybridized carbons (Fsp3) is 0.389. The van der Waals surface area contributed by atoms with E-state index in [0.29, 0.717) is 6.04 Å². The third-order valence-electron chi connectivity index (χ3n) is 4.48. The summed E-state index contributed by atoms with van der Waals surface area (Å²) in [5.41, 5.74) is 1.35. The number of nitrogens with one attached hydrogen (secondary N) is 1. The van der Waals surface area contributed by atoms with Crippen molar-refractivity contribution in [2.45, 2.75) is 40.7 Å². The van der Waals surface area contributed by atoms with Crippen molar-refractivity contribution in [2.75, 3.05) is 6.54 Å². The summed E-state index contributed by atoms with van der Waals surface area (Å²) < 4.78 is 0. The predicted octanol–water partition coefficient (Wildman–Crippen LogP) is 4.30. The van der Waals surface area contributed by atoms with E-state index in [1.165, 1.54) is 35.2 Å². The van der Waals surface area contributed by atoms with Gasteiger partial charge >= 0.3 is 0 Å². The Hall–Kier alpha value is -0.820. The first kappa shape index (κ1) is 14.6. The second-order valence-electron chi connectivity index (χ2n) is 5.49. The van der Waals surface area contributed by atoms with Crippen LogP contribution in [0.4, 0.5) is 0 Å². The summed E-state index contributed by atoms with van der Waals surface area (Å²) in [7, 11) is 0. The number of hydrogen-bond donors (Lipinski definition) is 1. The van der Waals surface area contributed by atoms with Gasteiger partial charge in [0, 0.05) is 18.5 Å². The average Bonchev–Trinajstić information content (AvgIpc) is 2.62. The Morgan fingerprint density at radius 1 is 0.842 bits per heavy atom. The standard InChI is InChI=1S/C18H24N/c1-12-13(2)15(4)18(14(12)3)11-19-16(5)17-9-7-6-8-10-17/h6-10,16,19H,11H2,1-5H3/t16-/m1/s1. The minimum atomic E-state index is 0.385. The van der Waals surface area contributed by atoms with Crippen molar-refractivity contribution in [2.24, 2.45) is 0 Å². The molecule has 1 aromatic rings. The van der Waals surface area contributed by atoms with E-state index >= 15 is 0 Å². The molecule has 0 unspecified atom stereocenters. The topological polar surface area (TPSA) is 12.0 Å². The monoisotopic (exact) mass is 254 g/mol. The van der Waals surface area contributed by atoms with E-state index < -0.39 is 0 Å². The highest BCUT2D eigenvalue weighted by Crippen LogP contribution is 2.51. The molecule has 0 spiro atoms. The Morgan fingerprint density at radius 2 is 1.37 bits per heavy atom. The maximum atomic E-state index is 3.64. The molecule has 0 aromatic heterocycles. The minimum absolute atomic E-state index is 0.385. The molecule has 1 aliphatic carbocycles. The second kappa shape index (κ2) is 6.09.